The Morgan fingerprint density at radius 3 is 2.88 bits per heavy atom. The number of carboxylic acid groups (broad SMARTS) is 1. The van der Waals surface area contributed by atoms with Crippen molar-refractivity contribution in [1.82, 2.24) is 15.3 Å². The zero-order valence-electron chi connectivity index (χ0n) is 9.64. The Hall–Kier alpha value is -1.69. The lowest BCUT2D eigenvalue weighted by molar-refractivity contribution is 0.0676. The number of carboxylic acids is 1. The normalized spacial score (nSPS) is 16.8. The molecule has 0 bridgehead atoms. The van der Waals surface area contributed by atoms with Crippen LogP contribution < -0.4 is 10.1 Å². The molecular formula is C11H15N3O3. The number of aromatic carboxylic acids is 1. The molecule has 1 aromatic rings. The van der Waals surface area contributed by atoms with Crippen LogP contribution in [0, 0.1) is 6.92 Å². The highest BCUT2D eigenvalue weighted by molar-refractivity contribution is 5.87. The molecule has 0 spiro atoms. The number of hydrogen-bond acceptors (Lipinski definition) is 5. The van der Waals surface area contributed by atoms with Crippen LogP contribution in [0.15, 0.2) is 6.20 Å². The van der Waals surface area contributed by atoms with Gasteiger partial charge < -0.3 is 15.2 Å². The summed E-state index contributed by atoms with van der Waals surface area (Å²) in [5.41, 5.74) is 0.535. The number of aromatic nitrogens is 2. The van der Waals surface area contributed by atoms with Gasteiger partial charge in [-0.25, -0.2) is 14.8 Å². The van der Waals surface area contributed by atoms with Gasteiger partial charge in [0, 0.05) is 6.20 Å². The summed E-state index contributed by atoms with van der Waals surface area (Å²) < 4.78 is 5.63. The molecular weight excluding hydrogens is 222 g/mol. The molecule has 1 aliphatic rings. The molecule has 0 atom stereocenters. The summed E-state index contributed by atoms with van der Waals surface area (Å²) in [4.78, 5) is 18.9. The molecule has 0 aliphatic carbocycles. The smallest absolute Gasteiger partial charge is 0.360 e. The molecule has 1 fully saturated rings. The SMILES string of the molecule is Cc1cnc(C(=O)O)c(OC2CCNCC2)n1. The molecule has 1 aromatic heterocycles. The minimum Gasteiger partial charge on any atom is -0.476 e. The van der Waals surface area contributed by atoms with E-state index in [-0.39, 0.29) is 17.7 Å². The Morgan fingerprint density at radius 1 is 1.53 bits per heavy atom. The van der Waals surface area contributed by atoms with Gasteiger partial charge in [-0.2, -0.15) is 0 Å². The number of rotatable bonds is 3. The van der Waals surface area contributed by atoms with Crippen LogP contribution in [0.3, 0.4) is 0 Å². The molecule has 0 aromatic carbocycles. The number of hydrogen-bond donors (Lipinski definition) is 2. The first-order valence-corrected chi connectivity index (χ1v) is 5.61. The third kappa shape index (κ3) is 2.91. The largest absolute Gasteiger partial charge is 0.476 e. The maximum absolute atomic E-state index is 11.0. The lowest BCUT2D eigenvalue weighted by Gasteiger charge is -2.23. The van der Waals surface area contributed by atoms with Gasteiger partial charge in [-0.3, -0.25) is 0 Å². The molecule has 2 rings (SSSR count). The highest BCUT2D eigenvalue weighted by Gasteiger charge is 2.20. The van der Waals surface area contributed by atoms with Crippen LogP contribution in [0.1, 0.15) is 29.0 Å². The summed E-state index contributed by atoms with van der Waals surface area (Å²) in [6.07, 6.45) is 3.16. The van der Waals surface area contributed by atoms with Crippen molar-refractivity contribution in [2.45, 2.75) is 25.9 Å². The van der Waals surface area contributed by atoms with E-state index in [0.29, 0.717) is 5.69 Å². The van der Waals surface area contributed by atoms with E-state index >= 15 is 0 Å². The van der Waals surface area contributed by atoms with Crippen molar-refractivity contribution in [2.24, 2.45) is 0 Å². The van der Waals surface area contributed by atoms with Crippen LogP contribution in [0.5, 0.6) is 5.88 Å². The molecule has 6 heteroatoms. The van der Waals surface area contributed by atoms with Crippen molar-refractivity contribution in [3.8, 4) is 5.88 Å². The van der Waals surface area contributed by atoms with Crippen molar-refractivity contribution in [3.05, 3.63) is 17.6 Å². The molecule has 0 saturated carbocycles. The fraction of sp³-hybridized carbons (Fsp3) is 0.545. The van der Waals surface area contributed by atoms with E-state index < -0.39 is 5.97 Å². The van der Waals surface area contributed by atoms with E-state index in [0.717, 1.165) is 25.9 Å². The summed E-state index contributed by atoms with van der Waals surface area (Å²) in [6.45, 7) is 3.52. The molecule has 1 saturated heterocycles. The molecule has 17 heavy (non-hydrogen) atoms. The monoisotopic (exact) mass is 237 g/mol. The van der Waals surface area contributed by atoms with Gasteiger partial charge in [-0.1, -0.05) is 0 Å². The predicted octanol–water partition coefficient (Wildman–Crippen LogP) is 0.614. The number of carbonyl (C=O) groups is 1. The molecule has 6 nitrogen and oxygen atoms in total. The minimum atomic E-state index is -1.11. The summed E-state index contributed by atoms with van der Waals surface area (Å²) in [5.74, 6) is -0.981. The number of nitrogens with zero attached hydrogens (tertiary/aromatic N) is 2. The zero-order chi connectivity index (χ0) is 12.3. The molecule has 0 amide bonds. The van der Waals surface area contributed by atoms with E-state index in [1.165, 1.54) is 6.20 Å². The second-order valence-corrected chi connectivity index (χ2v) is 4.04. The predicted molar refractivity (Wildman–Crippen MR) is 60.2 cm³/mol. The average Bonchev–Trinajstić information content (AvgIpc) is 2.30. The molecule has 1 aliphatic heterocycles. The minimum absolute atomic E-state index is 0.0189. The number of ether oxygens (including phenoxy) is 1. The number of aryl methyl sites for hydroxylation is 1. The summed E-state index contributed by atoms with van der Waals surface area (Å²) >= 11 is 0. The van der Waals surface area contributed by atoms with Gasteiger partial charge in [0.15, 0.2) is 0 Å². The third-order valence-corrected chi connectivity index (χ3v) is 2.63. The van der Waals surface area contributed by atoms with Gasteiger partial charge in [0.25, 0.3) is 0 Å². The lowest BCUT2D eigenvalue weighted by atomic mass is 10.1. The molecule has 2 N–H and O–H groups in total. The van der Waals surface area contributed by atoms with Crippen LogP contribution in [-0.2, 0) is 0 Å². The second kappa shape index (κ2) is 5.09. The van der Waals surface area contributed by atoms with Crippen molar-refractivity contribution in [1.29, 1.82) is 0 Å². The first kappa shape index (κ1) is 11.8. The van der Waals surface area contributed by atoms with Gasteiger partial charge >= 0.3 is 5.97 Å². The van der Waals surface area contributed by atoms with Crippen molar-refractivity contribution in [2.75, 3.05) is 13.1 Å². The Bertz CT molecular complexity index is 416. The molecule has 0 radical (unpaired) electrons. The summed E-state index contributed by atoms with van der Waals surface area (Å²) in [7, 11) is 0. The van der Waals surface area contributed by atoms with E-state index in [9.17, 15) is 4.79 Å². The summed E-state index contributed by atoms with van der Waals surface area (Å²) in [5, 5.41) is 12.2. The van der Waals surface area contributed by atoms with Crippen LogP contribution in [0.4, 0.5) is 0 Å². The fourth-order valence-corrected chi connectivity index (χ4v) is 1.76. The average molecular weight is 237 g/mol. The molecule has 0 unspecified atom stereocenters. The third-order valence-electron chi connectivity index (χ3n) is 2.63. The Morgan fingerprint density at radius 2 is 2.24 bits per heavy atom. The second-order valence-electron chi connectivity index (χ2n) is 4.04. The van der Waals surface area contributed by atoms with Gasteiger partial charge in [0.2, 0.25) is 11.6 Å². The van der Waals surface area contributed by atoms with Crippen molar-refractivity contribution in [3.63, 3.8) is 0 Å². The quantitative estimate of drug-likeness (QED) is 0.801. The molecule has 2 heterocycles. The number of nitrogens with one attached hydrogen (secondary N) is 1. The van der Waals surface area contributed by atoms with E-state index in [1.807, 2.05) is 0 Å². The fourth-order valence-electron chi connectivity index (χ4n) is 1.76. The zero-order valence-corrected chi connectivity index (χ0v) is 9.64. The number of piperidine rings is 1. The standard InChI is InChI=1S/C11H15N3O3/c1-7-6-13-9(11(15)16)10(14-7)17-8-2-4-12-5-3-8/h6,8,12H,2-5H2,1H3,(H,15,16). The lowest BCUT2D eigenvalue weighted by Crippen LogP contribution is -2.34. The van der Waals surface area contributed by atoms with E-state index in [4.69, 9.17) is 9.84 Å². The molecule has 92 valence electrons. The van der Waals surface area contributed by atoms with Gasteiger partial charge in [-0.05, 0) is 32.9 Å². The first-order chi connectivity index (χ1) is 8.16. The Balaban J connectivity index is 2.17. The maximum atomic E-state index is 11.0. The van der Waals surface area contributed by atoms with Crippen molar-refractivity contribution >= 4 is 5.97 Å². The van der Waals surface area contributed by atoms with Gasteiger partial charge in [-0.15, -0.1) is 0 Å². The maximum Gasteiger partial charge on any atom is 0.360 e. The van der Waals surface area contributed by atoms with Gasteiger partial charge in [0.1, 0.15) is 6.10 Å². The highest BCUT2D eigenvalue weighted by atomic mass is 16.5. The van der Waals surface area contributed by atoms with Crippen LogP contribution >= 0.6 is 0 Å². The van der Waals surface area contributed by atoms with Gasteiger partial charge in [0.05, 0.1) is 5.69 Å². The van der Waals surface area contributed by atoms with Crippen molar-refractivity contribution < 1.29 is 14.6 Å². The van der Waals surface area contributed by atoms with E-state index in [2.05, 4.69) is 15.3 Å². The first-order valence-electron chi connectivity index (χ1n) is 5.61. The topological polar surface area (TPSA) is 84.3 Å². The Kier molecular flexibility index (Phi) is 3.53. The summed E-state index contributed by atoms with van der Waals surface area (Å²) in [6, 6.07) is 0. The highest BCUT2D eigenvalue weighted by Crippen LogP contribution is 2.18. The Labute approximate surface area is 99.0 Å². The van der Waals surface area contributed by atoms with Crippen LogP contribution in [-0.4, -0.2) is 40.2 Å². The van der Waals surface area contributed by atoms with E-state index in [1.54, 1.807) is 6.92 Å². The van der Waals surface area contributed by atoms with Crippen LogP contribution in [0.25, 0.3) is 0 Å². The van der Waals surface area contributed by atoms with Crippen LogP contribution in [0.2, 0.25) is 0 Å².